The highest BCUT2D eigenvalue weighted by Crippen LogP contribution is 2.51. The molecule has 2 saturated heterocycles. The van der Waals surface area contributed by atoms with Crippen molar-refractivity contribution in [1.82, 2.24) is 20.2 Å². The fourth-order valence-corrected chi connectivity index (χ4v) is 5.46. The lowest BCUT2D eigenvalue weighted by atomic mass is 9.77. The molecular formula is C25H24N4O3. The number of pyridine rings is 1. The van der Waals surface area contributed by atoms with E-state index in [0.717, 1.165) is 17.6 Å². The van der Waals surface area contributed by atoms with Crippen molar-refractivity contribution >= 4 is 22.7 Å². The second-order valence-corrected chi connectivity index (χ2v) is 8.81. The van der Waals surface area contributed by atoms with Gasteiger partial charge in [-0.1, -0.05) is 36.4 Å². The average Bonchev–Trinajstić information content (AvgIpc) is 3.56. The van der Waals surface area contributed by atoms with Crippen molar-refractivity contribution in [2.24, 2.45) is 11.8 Å². The topological polar surface area (TPSA) is 87.3 Å². The van der Waals surface area contributed by atoms with Crippen molar-refractivity contribution in [3.63, 3.8) is 0 Å². The normalized spacial score (nSPS) is 27.9. The van der Waals surface area contributed by atoms with Crippen molar-refractivity contribution in [3.8, 4) is 0 Å². The number of carbonyl (C=O) groups excluding carboxylic acids is 2. The third kappa shape index (κ3) is 2.96. The minimum Gasteiger partial charge on any atom is -0.361 e. The first-order valence-corrected chi connectivity index (χ1v) is 11.0. The molecule has 7 heteroatoms. The number of H-pyrrole nitrogens is 1. The van der Waals surface area contributed by atoms with Gasteiger partial charge in [-0.2, -0.15) is 0 Å². The van der Waals surface area contributed by atoms with E-state index < -0.39 is 17.4 Å². The number of aromatic nitrogens is 2. The third-order valence-corrected chi connectivity index (χ3v) is 6.98. The number of rotatable bonds is 6. The quantitative estimate of drug-likeness (QED) is 0.590. The highest BCUT2D eigenvalue weighted by molar-refractivity contribution is 5.93. The first kappa shape index (κ1) is 19.3. The smallest absolute Gasteiger partial charge is 0.230 e. The monoisotopic (exact) mass is 428 g/mol. The molecule has 1 aromatic carbocycles. The van der Waals surface area contributed by atoms with E-state index in [1.807, 2.05) is 53.6 Å². The molecule has 3 aliphatic rings. The molecule has 2 aromatic heterocycles. The SMILES string of the molecule is O=C(NCc1ccccn1)[C@H]1[C@H]2C=C[C@]3(CN(CCc4c[nH]c5ccccc45)C(=O)[C@@H]13)O2. The Morgan fingerprint density at radius 2 is 2.12 bits per heavy atom. The Bertz CT molecular complexity index is 1220. The number of amides is 2. The fraction of sp³-hybridized carbons (Fsp3) is 0.320. The van der Waals surface area contributed by atoms with Crippen LogP contribution >= 0.6 is 0 Å². The lowest BCUT2D eigenvalue weighted by Gasteiger charge is -2.23. The number of nitrogens with zero attached hydrogens (tertiary/aromatic N) is 2. The number of hydrogen-bond acceptors (Lipinski definition) is 4. The van der Waals surface area contributed by atoms with Gasteiger partial charge in [0.2, 0.25) is 11.8 Å². The Labute approximate surface area is 185 Å². The standard InChI is InChI=1S/C25H24N4O3/c30-23(28-14-17-5-3-4-11-26-17)21-20-8-10-25(32-20)15-29(24(31)22(21)25)12-9-16-13-27-19-7-2-1-6-18(16)19/h1-8,10-11,13,20-22,27H,9,12,14-15H2,(H,28,30)/t20-,21+,22-,25-/m1/s1. The number of hydrogen-bond donors (Lipinski definition) is 2. The molecule has 2 fully saturated rings. The Morgan fingerprint density at radius 1 is 1.25 bits per heavy atom. The number of carbonyl (C=O) groups is 2. The van der Waals surface area contributed by atoms with Gasteiger partial charge >= 0.3 is 0 Å². The average molecular weight is 428 g/mol. The van der Waals surface area contributed by atoms with Crippen molar-refractivity contribution in [3.05, 3.63) is 78.3 Å². The molecule has 162 valence electrons. The Morgan fingerprint density at radius 3 is 3.00 bits per heavy atom. The van der Waals surface area contributed by atoms with E-state index in [1.54, 1.807) is 6.20 Å². The van der Waals surface area contributed by atoms with E-state index in [-0.39, 0.29) is 17.9 Å². The van der Waals surface area contributed by atoms with Crippen LogP contribution in [0.3, 0.4) is 0 Å². The summed E-state index contributed by atoms with van der Waals surface area (Å²) in [5, 5.41) is 4.14. The van der Waals surface area contributed by atoms with Crippen LogP contribution in [-0.4, -0.2) is 51.5 Å². The first-order valence-electron chi connectivity index (χ1n) is 11.0. The number of likely N-dealkylation sites (tertiary alicyclic amines) is 1. The summed E-state index contributed by atoms with van der Waals surface area (Å²) < 4.78 is 6.22. The molecule has 0 radical (unpaired) electrons. The molecule has 2 amide bonds. The highest BCUT2D eigenvalue weighted by Gasteiger charge is 2.66. The highest BCUT2D eigenvalue weighted by atomic mass is 16.5. The minimum absolute atomic E-state index is 0.00896. The zero-order chi connectivity index (χ0) is 21.7. The fourth-order valence-electron chi connectivity index (χ4n) is 5.46. The van der Waals surface area contributed by atoms with E-state index in [9.17, 15) is 9.59 Å². The largest absolute Gasteiger partial charge is 0.361 e. The summed E-state index contributed by atoms with van der Waals surface area (Å²) in [4.78, 5) is 35.9. The summed E-state index contributed by atoms with van der Waals surface area (Å²) in [6.45, 7) is 1.43. The van der Waals surface area contributed by atoms with E-state index in [2.05, 4.69) is 27.4 Å². The molecule has 1 spiro atoms. The van der Waals surface area contributed by atoms with Crippen LogP contribution in [0.4, 0.5) is 0 Å². The van der Waals surface area contributed by atoms with E-state index >= 15 is 0 Å². The van der Waals surface area contributed by atoms with Gasteiger partial charge in [0.05, 0.1) is 36.7 Å². The maximum atomic E-state index is 13.4. The van der Waals surface area contributed by atoms with Gasteiger partial charge in [0.1, 0.15) is 5.60 Å². The van der Waals surface area contributed by atoms with Gasteiger partial charge in [-0.3, -0.25) is 14.6 Å². The molecule has 0 unspecified atom stereocenters. The van der Waals surface area contributed by atoms with E-state index in [1.165, 1.54) is 10.9 Å². The van der Waals surface area contributed by atoms with Gasteiger partial charge in [0.25, 0.3) is 0 Å². The van der Waals surface area contributed by atoms with Gasteiger partial charge in [0.15, 0.2) is 0 Å². The molecule has 0 saturated carbocycles. The van der Waals surface area contributed by atoms with E-state index in [0.29, 0.717) is 19.6 Å². The molecule has 2 N–H and O–H groups in total. The Hall–Kier alpha value is -3.45. The van der Waals surface area contributed by atoms with Gasteiger partial charge in [-0.25, -0.2) is 0 Å². The molecule has 3 aromatic rings. The third-order valence-electron chi connectivity index (χ3n) is 6.98. The molecule has 2 bridgehead atoms. The number of benzene rings is 1. The summed E-state index contributed by atoms with van der Waals surface area (Å²) in [5.74, 6) is -1.11. The maximum absolute atomic E-state index is 13.4. The van der Waals surface area contributed by atoms with Crippen molar-refractivity contribution in [2.45, 2.75) is 24.7 Å². The predicted molar refractivity (Wildman–Crippen MR) is 118 cm³/mol. The van der Waals surface area contributed by atoms with E-state index in [4.69, 9.17) is 4.74 Å². The summed E-state index contributed by atoms with van der Waals surface area (Å²) >= 11 is 0. The number of para-hydroxylation sites is 1. The van der Waals surface area contributed by atoms with Crippen molar-refractivity contribution in [1.29, 1.82) is 0 Å². The van der Waals surface area contributed by atoms with Gasteiger partial charge < -0.3 is 19.9 Å². The van der Waals surface area contributed by atoms with Crippen LogP contribution in [0.2, 0.25) is 0 Å². The summed E-state index contributed by atoms with van der Waals surface area (Å²) in [5.41, 5.74) is 2.39. The maximum Gasteiger partial charge on any atom is 0.230 e. The predicted octanol–water partition coefficient (Wildman–Crippen LogP) is 2.20. The molecule has 0 aliphatic carbocycles. The zero-order valence-corrected chi connectivity index (χ0v) is 17.5. The molecule has 6 rings (SSSR count). The van der Waals surface area contributed by atoms with Crippen LogP contribution < -0.4 is 5.32 Å². The lowest BCUT2D eigenvalue weighted by Crippen LogP contribution is -2.44. The molecule has 4 atom stereocenters. The van der Waals surface area contributed by atoms with Crippen LogP contribution in [-0.2, 0) is 27.3 Å². The molecule has 32 heavy (non-hydrogen) atoms. The van der Waals surface area contributed by atoms with Crippen LogP contribution in [0.5, 0.6) is 0 Å². The Balaban J connectivity index is 1.17. The van der Waals surface area contributed by atoms with Crippen LogP contribution in [0.25, 0.3) is 10.9 Å². The number of nitrogens with one attached hydrogen (secondary N) is 2. The van der Waals surface area contributed by atoms with Crippen LogP contribution in [0.15, 0.2) is 67.0 Å². The number of fused-ring (bicyclic) bond motifs is 2. The zero-order valence-electron chi connectivity index (χ0n) is 17.5. The summed E-state index contributed by atoms with van der Waals surface area (Å²) in [7, 11) is 0. The van der Waals surface area contributed by atoms with Crippen LogP contribution in [0.1, 0.15) is 11.3 Å². The number of aromatic amines is 1. The van der Waals surface area contributed by atoms with Gasteiger partial charge in [0, 0.05) is 29.8 Å². The first-order chi connectivity index (χ1) is 15.6. The molecule has 5 heterocycles. The lowest BCUT2D eigenvalue weighted by molar-refractivity contribution is -0.137. The Kier molecular flexibility index (Phi) is 4.40. The minimum atomic E-state index is -0.686. The van der Waals surface area contributed by atoms with Crippen molar-refractivity contribution in [2.75, 3.05) is 13.1 Å². The molecule has 3 aliphatic heterocycles. The molecular weight excluding hydrogens is 404 g/mol. The van der Waals surface area contributed by atoms with Gasteiger partial charge in [-0.15, -0.1) is 0 Å². The summed E-state index contributed by atoms with van der Waals surface area (Å²) in [6.07, 6.45) is 8.06. The van der Waals surface area contributed by atoms with Crippen molar-refractivity contribution < 1.29 is 14.3 Å². The summed E-state index contributed by atoms with van der Waals surface area (Å²) in [6, 6.07) is 13.8. The second kappa shape index (κ2) is 7.31. The van der Waals surface area contributed by atoms with Gasteiger partial charge in [-0.05, 0) is 30.2 Å². The molecule has 7 nitrogen and oxygen atoms in total. The number of ether oxygens (including phenoxy) is 1. The second-order valence-electron chi connectivity index (χ2n) is 8.81. The van der Waals surface area contributed by atoms with Crippen LogP contribution in [0, 0.1) is 11.8 Å².